The smallest absolute Gasteiger partial charge is 0.161 e. The molecule has 0 radical (unpaired) electrons. The predicted octanol–water partition coefficient (Wildman–Crippen LogP) is -1.18. The molecule has 0 aliphatic carbocycles. The minimum atomic E-state index is -3.14. The number of likely N-dealkylation sites (N-methyl/N-ethyl adjacent to an activating group) is 1. The molecule has 10 heavy (non-hydrogen) atoms. The second-order valence-electron chi connectivity index (χ2n) is 2.14. The summed E-state index contributed by atoms with van der Waals surface area (Å²) in [6.07, 6.45) is 1.04. The number of sulfone groups is 1. The van der Waals surface area contributed by atoms with Crippen LogP contribution < -0.4 is 5.32 Å². The van der Waals surface area contributed by atoms with Crippen molar-refractivity contribution in [2.75, 3.05) is 25.6 Å². The fraction of sp³-hybridized carbons (Fsp3) is 0.800. The van der Waals surface area contributed by atoms with E-state index in [9.17, 15) is 13.2 Å². The summed E-state index contributed by atoms with van der Waals surface area (Å²) in [5.41, 5.74) is 0. The van der Waals surface area contributed by atoms with Crippen molar-refractivity contribution in [2.45, 2.75) is 0 Å². The van der Waals surface area contributed by atoms with E-state index in [0.717, 1.165) is 6.26 Å². The fourth-order valence-corrected chi connectivity index (χ4v) is 1.23. The second-order valence-corrected chi connectivity index (χ2v) is 4.28. The third-order valence-corrected chi connectivity index (χ3v) is 1.64. The number of carbonyl (C=O) groups excluding carboxylic acids is 1. The van der Waals surface area contributed by atoms with Crippen LogP contribution in [0.2, 0.25) is 0 Å². The van der Waals surface area contributed by atoms with Crippen molar-refractivity contribution in [1.29, 1.82) is 0 Å². The van der Waals surface area contributed by atoms with E-state index < -0.39 is 9.84 Å². The van der Waals surface area contributed by atoms with Crippen molar-refractivity contribution in [3.05, 3.63) is 0 Å². The molecule has 0 aromatic heterocycles. The Hall–Kier alpha value is -0.420. The molecular weight excluding hydrogens is 154 g/mol. The van der Waals surface area contributed by atoms with Crippen LogP contribution in [-0.4, -0.2) is 39.8 Å². The maximum atomic E-state index is 10.6. The Kier molecular flexibility index (Phi) is 3.52. The van der Waals surface area contributed by atoms with E-state index in [-0.39, 0.29) is 18.1 Å². The molecule has 0 unspecified atom stereocenters. The number of carbonyl (C=O) groups is 1. The van der Waals surface area contributed by atoms with Gasteiger partial charge in [0.2, 0.25) is 0 Å². The molecule has 0 spiro atoms. The van der Waals surface area contributed by atoms with Gasteiger partial charge in [0, 0.05) is 6.26 Å². The zero-order valence-electron chi connectivity index (χ0n) is 6.05. The third-order valence-electron chi connectivity index (χ3n) is 0.797. The van der Waals surface area contributed by atoms with E-state index in [4.69, 9.17) is 0 Å². The molecule has 0 aliphatic heterocycles. The lowest BCUT2D eigenvalue weighted by Gasteiger charge is -1.95. The Morgan fingerprint density at radius 1 is 1.50 bits per heavy atom. The van der Waals surface area contributed by atoms with Crippen LogP contribution in [0.1, 0.15) is 0 Å². The first-order chi connectivity index (χ1) is 4.45. The van der Waals surface area contributed by atoms with Gasteiger partial charge in [0.25, 0.3) is 0 Å². The highest BCUT2D eigenvalue weighted by Gasteiger charge is 2.08. The van der Waals surface area contributed by atoms with Gasteiger partial charge in [-0.25, -0.2) is 8.42 Å². The van der Waals surface area contributed by atoms with Crippen LogP contribution in [-0.2, 0) is 14.6 Å². The summed E-state index contributed by atoms with van der Waals surface area (Å²) in [4.78, 5) is 10.6. The molecule has 5 heteroatoms. The first-order valence-corrected chi connectivity index (χ1v) is 4.86. The normalized spacial score (nSPS) is 11.4. The fourth-order valence-electron chi connectivity index (χ4n) is 0.541. The SMILES string of the molecule is CNCC(=O)CS(C)(=O)=O. The molecule has 4 nitrogen and oxygen atoms in total. The molecule has 0 aromatic rings. The summed E-state index contributed by atoms with van der Waals surface area (Å²) < 4.78 is 20.9. The summed E-state index contributed by atoms with van der Waals surface area (Å²) in [6, 6.07) is 0. The van der Waals surface area contributed by atoms with E-state index in [2.05, 4.69) is 5.32 Å². The quantitative estimate of drug-likeness (QED) is 0.569. The van der Waals surface area contributed by atoms with Crippen LogP contribution in [0.3, 0.4) is 0 Å². The van der Waals surface area contributed by atoms with Gasteiger partial charge in [0.05, 0.1) is 6.54 Å². The lowest BCUT2D eigenvalue weighted by Crippen LogP contribution is -2.25. The van der Waals surface area contributed by atoms with Crippen molar-refractivity contribution >= 4 is 15.6 Å². The molecule has 0 amide bonds. The number of Topliss-reactive ketones (excluding diaryl/α,β-unsaturated/α-hetero) is 1. The molecule has 0 saturated heterocycles. The lowest BCUT2D eigenvalue weighted by molar-refractivity contribution is -0.115. The first kappa shape index (κ1) is 9.58. The highest BCUT2D eigenvalue weighted by Crippen LogP contribution is 1.82. The van der Waals surface area contributed by atoms with Crippen LogP contribution >= 0.6 is 0 Å². The van der Waals surface area contributed by atoms with Gasteiger partial charge in [-0.05, 0) is 7.05 Å². The predicted molar refractivity (Wildman–Crippen MR) is 38.6 cm³/mol. The Morgan fingerprint density at radius 3 is 2.30 bits per heavy atom. The van der Waals surface area contributed by atoms with E-state index >= 15 is 0 Å². The van der Waals surface area contributed by atoms with E-state index in [1.54, 1.807) is 7.05 Å². The summed E-state index contributed by atoms with van der Waals surface area (Å²) >= 11 is 0. The molecule has 0 aromatic carbocycles. The third kappa shape index (κ3) is 5.71. The van der Waals surface area contributed by atoms with Crippen LogP contribution in [0.5, 0.6) is 0 Å². The minimum Gasteiger partial charge on any atom is -0.313 e. The molecule has 0 heterocycles. The Labute approximate surface area is 60.5 Å². The van der Waals surface area contributed by atoms with Gasteiger partial charge < -0.3 is 5.32 Å². The van der Waals surface area contributed by atoms with Crippen molar-refractivity contribution in [3.63, 3.8) is 0 Å². The highest BCUT2D eigenvalue weighted by molar-refractivity contribution is 7.91. The van der Waals surface area contributed by atoms with Gasteiger partial charge in [0.1, 0.15) is 5.75 Å². The summed E-state index contributed by atoms with van der Waals surface area (Å²) in [5.74, 6) is -0.668. The first-order valence-electron chi connectivity index (χ1n) is 2.80. The van der Waals surface area contributed by atoms with Crippen LogP contribution in [0.15, 0.2) is 0 Å². The van der Waals surface area contributed by atoms with Gasteiger partial charge in [-0.3, -0.25) is 4.79 Å². The van der Waals surface area contributed by atoms with Crippen molar-refractivity contribution < 1.29 is 13.2 Å². The van der Waals surface area contributed by atoms with E-state index in [1.807, 2.05) is 0 Å². The standard InChI is InChI=1S/C5H11NO3S/c1-6-3-5(7)4-10(2,8)9/h6H,3-4H2,1-2H3. The molecule has 0 atom stereocenters. The molecule has 60 valence electrons. The molecular formula is C5H11NO3S. The lowest BCUT2D eigenvalue weighted by atomic mass is 10.4. The van der Waals surface area contributed by atoms with Crippen molar-refractivity contribution in [1.82, 2.24) is 5.32 Å². The molecule has 1 N–H and O–H groups in total. The van der Waals surface area contributed by atoms with Crippen LogP contribution in [0.25, 0.3) is 0 Å². The Bertz CT molecular complexity index is 207. The van der Waals surface area contributed by atoms with Gasteiger partial charge >= 0.3 is 0 Å². The molecule has 0 rings (SSSR count). The maximum Gasteiger partial charge on any atom is 0.161 e. The van der Waals surface area contributed by atoms with Gasteiger partial charge in [-0.2, -0.15) is 0 Å². The number of hydrogen-bond donors (Lipinski definition) is 1. The zero-order chi connectivity index (χ0) is 8.20. The van der Waals surface area contributed by atoms with Crippen molar-refractivity contribution in [2.24, 2.45) is 0 Å². The Balaban J connectivity index is 3.82. The van der Waals surface area contributed by atoms with Gasteiger partial charge in [0.15, 0.2) is 15.6 Å². The molecule has 0 saturated carbocycles. The molecule has 0 bridgehead atoms. The van der Waals surface area contributed by atoms with Gasteiger partial charge in [-0.15, -0.1) is 0 Å². The Morgan fingerprint density at radius 2 is 2.00 bits per heavy atom. The summed E-state index contributed by atoms with van der Waals surface area (Å²) in [7, 11) is -1.54. The number of hydrogen-bond acceptors (Lipinski definition) is 4. The summed E-state index contributed by atoms with van der Waals surface area (Å²) in [5, 5.41) is 2.58. The summed E-state index contributed by atoms with van der Waals surface area (Å²) in [6.45, 7) is 0.118. The number of rotatable bonds is 4. The van der Waals surface area contributed by atoms with E-state index in [1.165, 1.54) is 0 Å². The van der Waals surface area contributed by atoms with E-state index in [0.29, 0.717) is 0 Å². The largest absolute Gasteiger partial charge is 0.313 e. The highest BCUT2D eigenvalue weighted by atomic mass is 32.2. The van der Waals surface area contributed by atoms with Crippen LogP contribution in [0, 0.1) is 0 Å². The average molecular weight is 165 g/mol. The van der Waals surface area contributed by atoms with Crippen LogP contribution in [0.4, 0.5) is 0 Å². The maximum absolute atomic E-state index is 10.6. The monoisotopic (exact) mass is 165 g/mol. The van der Waals surface area contributed by atoms with Gasteiger partial charge in [-0.1, -0.05) is 0 Å². The molecule has 0 aliphatic rings. The molecule has 0 fully saturated rings. The number of nitrogens with one attached hydrogen (secondary N) is 1. The zero-order valence-corrected chi connectivity index (χ0v) is 6.86. The van der Waals surface area contributed by atoms with Crippen molar-refractivity contribution in [3.8, 4) is 0 Å². The topological polar surface area (TPSA) is 63.2 Å². The minimum absolute atomic E-state index is 0.118. The number of ketones is 1. The average Bonchev–Trinajstić information content (AvgIpc) is 1.59. The second kappa shape index (κ2) is 3.68.